The molecular weight excluding hydrogens is 312 g/mol. The van der Waals surface area contributed by atoms with Crippen molar-refractivity contribution in [2.75, 3.05) is 16.9 Å². The fraction of sp³-hybridized carbons (Fsp3) is 0.235. The van der Waals surface area contributed by atoms with E-state index < -0.39 is 15.9 Å². The minimum Gasteiger partial charge on any atom is -0.334 e. The lowest BCUT2D eigenvalue weighted by Gasteiger charge is -2.25. The molecule has 0 saturated carbocycles. The first-order valence-corrected chi connectivity index (χ1v) is 9.31. The fourth-order valence-electron chi connectivity index (χ4n) is 2.31. The number of nitrogens with zero attached hydrogens (tertiary/aromatic N) is 1. The van der Waals surface area contributed by atoms with Crippen molar-refractivity contribution in [3.63, 3.8) is 0 Å². The zero-order valence-electron chi connectivity index (χ0n) is 13.1. The normalized spacial score (nSPS) is 12.4. The summed E-state index contributed by atoms with van der Waals surface area (Å²) in [4.78, 5) is 14.2. The molecule has 0 aromatic heterocycles. The van der Waals surface area contributed by atoms with Crippen LogP contribution in [0.15, 0.2) is 60.7 Å². The Hall–Kier alpha value is -2.34. The van der Waals surface area contributed by atoms with Crippen LogP contribution >= 0.6 is 0 Å². The minimum absolute atomic E-state index is 0.101. The summed E-state index contributed by atoms with van der Waals surface area (Å²) in [6.07, 6.45) is 1.15. The Morgan fingerprint density at radius 3 is 1.83 bits per heavy atom. The number of carbonyl (C=O) groups is 1. The van der Waals surface area contributed by atoms with Crippen LogP contribution in [0.3, 0.4) is 0 Å². The Bertz CT molecular complexity index is 706. The van der Waals surface area contributed by atoms with Crippen LogP contribution in [0.25, 0.3) is 0 Å². The van der Waals surface area contributed by atoms with Gasteiger partial charge in [0.25, 0.3) is 0 Å². The molecule has 0 aliphatic heterocycles. The number of carbonyl (C=O) groups excluding carboxylic acids is 1. The van der Waals surface area contributed by atoms with Gasteiger partial charge in [0.2, 0.25) is 0 Å². The van der Waals surface area contributed by atoms with E-state index in [0.29, 0.717) is 11.4 Å². The lowest BCUT2D eigenvalue weighted by Crippen LogP contribution is -2.44. The van der Waals surface area contributed by atoms with E-state index in [1.165, 1.54) is 4.90 Å². The number of amides is 2. The van der Waals surface area contributed by atoms with Gasteiger partial charge in [0.1, 0.15) is 9.84 Å². The second-order valence-corrected chi connectivity index (χ2v) is 7.63. The Morgan fingerprint density at radius 2 is 1.43 bits per heavy atom. The second kappa shape index (κ2) is 7.28. The van der Waals surface area contributed by atoms with E-state index in [-0.39, 0.29) is 11.8 Å². The maximum atomic E-state index is 12.7. The summed E-state index contributed by atoms with van der Waals surface area (Å²) >= 11 is 0. The SMILES string of the molecule is C[C@@H](CS(C)(=O)=O)NC(=O)N(c1ccccc1)c1ccccc1. The van der Waals surface area contributed by atoms with Crippen molar-refractivity contribution in [2.24, 2.45) is 0 Å². The number of nitrogens with one attached hydrogen (secondary N) is 1. The zero-order chi connectivity index (χ0) is 16.9. The lowest BCUT2D eigenvalue weighted by atomic mass is 10.2. The summed E-state index contributed by atoms with van der Waals surface area (Å²) in [6, 6.07) is 17.6. The van der Waals surface area contributed by atoms with E-state index in [9.17, 15) is 13.2 Å². The van der Waals surface area contributed by atoms with Crippen LogP contribution in [0.1, 0.15) is 6.92 Å². The van der Waals surface area contributed by atoms with Crippen LogP contribution in [0, 0.1) is 0 Å². The van der Waals surface area contributed by atoms with E-state index in [2.05, 4.69) is 5.32 Å². The maximum Gasteiger partial charge on any atom is 0.326 e. The number of urea groups is 1. The van der Waals surface area contributed by atoms with Gasteiger partial charge in [-0.05, 0) is 31.2 Å². The third-order valence-corrected chi connectivity index (χ3v) is 4.26. The summed E-state index contributed by atoms with van der Waals surface area (Å²) in [6.45, 7) is 1.67. The summed E-state index contributed by atoms with van der Waals surface area (Å²) in [5.74, 6) is -0.101. The minimum atomic E-state index is -3.16. The van der Waals surface area contributed by atoms with Crippen LogP contribution in [0.5, 0.6) is 0 Å². The van der Waals surface area contributed by atoms with Gasteiger partial charge in [-0.3, -0.25) is 4.90 Å². The fourth-order valence-corrected chi connectivity index (χ4v) is 3.30. The van der Waals surface area contributed by atoms with Gasteiger partial charge in [0.15, 0.2) is 0 Å². The Kier molecular flexibility index (Phi) is 5.39. The molecule has 2 amide bonds. The highest BCUT2D eigenvalue weighted by atomic mass is 32.2. The number of para-hydroxylation sites is 2. The maximum absolute atomic E-state index is 12.7. The van der Waals surface area contributed by atoms with Crippen molar-refractivity contribution in [1.29, 1.82) is 0 Å². The van der Waals surface area contributed by atoms with Crippen molar-refractivity contribution in [3.8, 4) is 0 Å². The van der Waals surface area contributed by atoms with E-state index >= 15 is 0 Å². The average Bonchev–Trinajstić information content (AvgIpc) is 2.47. The standard InChI is InChI=1S/C17H20N2O3S/c1-14(13-23(2,21)22)18-17(20)19(15-9-5-3-6-10-15)16-11-7-4-8-12-16/h3-12,14H,13H2,1-2H3,(H,18,20)/t14-/m0/s1. The number of benzene rings is 2. The van der Waals surface area contributed by atoms with Gasteiger partial charge in [0.05, 0.1) is 17.1 Å². The van der Waals surface area contributed by atoms with Crippen LogP contribution < -0.4 is 10.2 Å². The van der Waals surface area contributed by atoms with Gasteiger partial charge in [-0.1, -0.05) is 36.4 Å². The molecule has 122 valence electrons. The molecule has 6 heteroatoms. The van der Waals surface area contributed by atoms with E-state index in [1.54, 1.807) is 6.92 Å². The third kappa shape index (κ3) is 5.10. The van der Waals surface area contributed by atoms with Crippen molar-refractivity contribution >= 4 is 27.2 Å². The number of hydrogen-bond donors (Lipinski definition) is 1. The summed E-state index contributed by atoms with van der Waals surface area (Å²) in [7, 11) is -3.16. The molecule has 2 aromatic carbocycles. The molecule has 2 aromatic rings. The van der Waals surface area contributed by atoms with Gasteiger partial charge in [-0.25, -0.2) is 13.2 Å². The van der Waals surface area contributed by atoms with E-state index in [1.807, 2.05) is 60.7 Å². The Morgan fingerprint density at radius 1 is 1.00 bits per heavy atom. The van der Waals surface area contributed by atoms with E-state index in [0.717, 1.165) is 6.26 Å². The van der Waals surface area contributed by atoms with Crippen LogP contribution in [0.4, 0.5) is 16.2 Å². The molecule has 0 fully saturated rings. The Labute approximate surface area is 136 Å². The number of hydrogen-bond acceptors (Lipinski definition) is 3. The average molecular weight is 332 g/mol. The van der Waals surface area contributed by atoms with Crippen molar-refractivity contribution in [2.45, 2.75) is 13.0 Å². The summed E-state index contributed by atoms with van der Waals surface area (Å²) < 4.78 is 22.7. The van der Waals surface area contributed by atoms with Gasteiger partial charge in [0, 0.05) is 12.3 Å². The highest BCUT2D eigenvalue weighted by Gasteiger charge is 2.20. The molecule has 1 atom stereocenters. The molecule has 1 N–H and O–H groups in total. The van der Waals surface area contributed by atoms with Crippen LogP contribution in [0.2, 0.25) is 0 Å². The Balaban J connectivity index is 2.26. The molecule has 5 nitrogen and oxygen atoms in total. The van der Waals surface area contributed by atoms with Crippen molar-refractivity contribution in [1.82, 2.24) is 5.32 Å². The number of sulfone groups is 1. The second-order valence-electron chi connectivity index (χ2n) is 5.45. The molecule has 0 saturated heterocycles. The molecule has 2 rings (SSSR count). The highest BCUT2D eigenvalue weighted by Crippen LogP contribution is 2.24. The third-order valence-electron chi connectivity index (χ3n) is 3.15. The quantitative estimate of drug-likeness (QED) is 0.915. The lowest BCUT2D eigenvalue weighted by molar-refractivity contribution is 0.246. The molecule has 23 heavy (non-hydrogen) atoms. The van der Waals surface area contributed by atoms with Crippen molar-refractivity contribution in [3.05, 3.63) is 60.7 Å². The molecule has 0 radical (unpaired) electrons. The molecule has 0 aliphatic rings. The van der Waals surface area contributed by atoms with Crippen molar-refractivity contribution < 1.29 is 13.2 Å². The first kappa shape index (κ1) is 17.0. The predicted octanol–water partition coefficient (Wildman–Crippen LogP) is 2.97. The molecule has 0 unspecified atom stereocenters. The monoisotopic (exact) mass is 332 g/mol. The number of anilines is 2. The molecule has 0 spiro atoms. The largest absolute Gasteiger partial charge is 0.334 e. The van der Waals surface area contributed by atoms with Gasteiger partial charge >= 0.3 is 6.03 Å². The van der Waals surface area contributed by atoms with Crippen LogP contribution in [-0.4, -0.2) is 32.5 Å². The van der Waals surface area contributed by atoms with E-state index in [4.69, 9.17) is 0 Å². The number of rotatable bonds is 5. The highest BCUT2D eigenvalue weighted by molar-refractivity contribution is 7.90. The smallest absolute Gasteiger partial charge is 0.326 e. The molecule has 0 heterocycles. The topological polar surface area (TPSA) is 66.5 Å². The summed E-state index contributed by atoms with van der Waals surface area (Å²) in [5, 5.41) is 2.74. The molecular formula is C17H20N2O3S. The van der Waals surface area contributed by atoms with Gasteiger partial charge in [-0.2, -0.15) is 0 Å². The van der Waals surface area contributed by atoms with Gasteiger partial charge < -0.3 is 5.32 Å². The van der Waals surface area contributed by atoms with Crippen LogP contribution in [-0.2, 0) is 9.84 Å². The zero-order valence-corrected chi connectivity index (χ0v) is 14.0. The molecule has 0 aliphatic carbocycles. The molecule has 0 bridgehead atoms. The first-order chi connectivity index (χ1) is 10.9. The predicted molar refractivity (Wildman–Crippen MR) is 92.7 cm³/mol. The first-order valence-electron chi connectivity index (χ1n) is 7.25. The summed E-state index contributed by atoms with van der Waals surface area (Å²) in [5.41, 5.74) is 1.42. The van der Waals surface area contributed by atoms with Gasteiger partial charge in [-0.15, -0.1) is 0 Å².